The number of aryl methyl sites for hydroxylation is 1. The third-order valence-electron chi connectivity index (χ3n) is 6.08. The van der Waals surface area contributed by atoms with E-state index in [0.717, 1.165) is 49.3 Å². The number of anilines is 1. The Balaban J connectivity index is 1.54. The standard InChI is InChI=1S/C22H28N6O4/c1-15-14-31-13-11-26(15)18-6-5-17-22(23-18)21(25-27(17)10-8-20(29)30)16-7-9-28(24-16)19-4-2-3-12-32-19/h5-7,9,15,19H,2-4,8,10-14H2,1H3,(H,29,30)/t15-,19?/m1/s1. The minimum Gasteiger partial charge on any atom is -0.481 e. The van der Waals surface area contributed by atoms with E-state index in [1.165, 1.54) is 0 Å². The summed E-state index contributed by atoms with van der Waals surface area (Å²) in [4.78, 5) is 18.3. The number of hydrogen-bond acceptors (Lipinski definition) is 7. The van der Waals surface area contributed by atoms with Crippen molar-refractivity contribution in [2.75, 3.05) is 31.3 Å². The zero-order valence-corrected chi connectivity index (χ0v) is 18.2. The van der Waals surface area contributed by atoms with Crippen LogP contribution in [-0.4, -0.2) is 68.0 Å². The van der Waals surface area contributed by atoms with Crippen molar-refractivity contribution in [2.45, 2.75) is 51.4 Å². The van der Waals surface area contributed by atoms with Crippen LogP contribution < -0.4 is 4.90 Å². The average molecular weight is 441 g/mol. The Bertz CT molecular complexity index is 1100. The van der Waals surface area contributed by atoms with Crippen LogP contribution in [0.4, 0.5) is 5.82 Å². The number of ether oxygens (including phenoxy) is 2. The fourth-order valence-corrected chi connectivity index (χ4v) is 4.38. The molecule has 32 heavy (non-hydrogen) atoms. The third kappa shape index (κ3) is 4.07. The van der Waals surface area contributed by atoms with E-state index in [-0.39, 0.29) is 25.2 Å². The average Bonchev–Trinajstić information content (AvgIpc) is 3.43. The quantitative estimate of drug-likeness (QED) is 0.623. The number of rotatable bonds is 6. The molecule has 5 rings (SSSR count). The van der Waals surface area contributed by atoms with Gasteiger partial charge in [0.15, 0.2) is 0 Å². The maximum absolute atomic E-state index is 11.2. The molecule has 2 aliphatic rings. The van der Waals surface area contributed by atoms with Crippen molar-refractivity contribution in [2.24, 2.45) is 0 Å². The molecular formula is C22H28N6O4. The van der Waals surface area contributed by atoms with Gasteiger partial charge in [0, 0.05) is 19.3 Å². The third-order valence-corrected chi connectivity index (χ3v) is 6.08. The predicted octanol–water partition coefficient (Wildman–Crippen LogP) is 2.69. The summed E-state index contributed by atoms with van der Waals surface area (Å²) < 4.78 is 15.0. The molecule has 0 bridgehead atoms. The molecule has 2 saturated heterocycles. The summed E-state index contributed by atoms with van der Waals surface area (Å²) in [6.45, 7) is 5.24. The lowest BCUT2D eigenvalue weighted by Gasteiger charge is -2.34. The molecule has 10 nitrogen and oxygen atoms in total. The fourth-order valence-electron chi connectivity index (χ4n) is 4.38. The van der Waals surface area contributed by atoms with Crippen molar-refractivity contribution >= 4 is 22.8 Å². The molecule has 3 aromatic rings. The second-order valence-corrected chi connectivity index (χ2v) is 8.37. The van der Waals surface area contributed by atoms with Crippen LogP contribution in [0, 0.1) is 0 Å². The lowest BCUT2D eigenvalue weighted by atomic mass is 10.2. The van der Waals surface area contributed by atoms with Crippen LogP contribution in [0.25, 0.3) is 22.4 Å². The van der Waals surface area contributed by atoms with Crippen LogP contribution in [-0.2, 0) is 20.8 Å². The first-order valence-electron chi connectivity index (χ1n) is 11.2. The van der Waals surface area contributed by atoms with Crippen molar-refractivity contribution in [1.82, 2.24) is 24.5 Å². The molecule has 0 aromatic carbocycles. The number of carboxylic acid groups (broad SMARTS) is 1. The van der Waals surface area contributed by atoms with Crippen molar-refractivity contribution in [1.29, 1.82) is 0 Å². The second kappa shape index (κ2) is 8.87. The summed E-state index contributed by atoms with van der Waals surface area (Å²) in [6.07, 6.45) is 4.98. The van der Waals surface area contributed by atoms with Crippen molar-refractivity contribution in [3.63, 3.8) is 0 Å². The number of hydrogen-bond donors (Lipinski definition) is 1. The number of morpholine rings is 1. The Kier molecular flexibility index (Phi) is 5.79. The summed E-state index contributed by atoms with van der Waals surface area (Å²) in [6, 6.07) is 6.09. The number of aromatic nitrogens is 5. The van der Waals surface area contributed by atoms with Gasteiger partial charge in [0.2, 0.25) is 0 Å². The maximum Gasteiger partial charge on any atom is 0.305 e. The Labute approximate surface area is 185 Å². The number of nitrogens with zero attached hydrogens (tertiary/aromatic N) is 6. The van der Waals surface area contributed by atoms with Crippen molar-refractivity contribution < 1.29 is 19.4 Å². The molecule has 3 aromatic heterocycles. The van der Waals surface area contributed by atoms with Crippen LogP contribution in [0.15, 0.2) is 24.4 Å². The SMILES string of the molecule is C[C@@H]1COCCN1c1ccc2c(n1)c(-c1ccn(C3CCCCO3)n1)nn2CCC(=O)O. The molecule has 0 spiro atoms. The van der Waals surface area contributed by atoms with Gasteiger partial charge >= 0.3 is 5.97 Å². The molecule has 0 amide bonds. The summed E-state index contributed by atoms with van der Waals surface area (Å²) in [7, 11) is 0. The second-order valence-electron chi connectivity index (χ2n) is 8.37. The van der Waals surface area contributed by atoms with E-state index in [1.807, 2.05) is 29.1 Å². The topological polar surface area (TPSA) is 108 Å². The van der Waals surface area contributed by atoms with Gasteiger partial charge in [-0.05, 0) is 44.4 Å². The van der Waals surface area contributed by atoms with Gasteiger partial charge in [-0.3, -0.25) is 9.48 Å². The van der Waals surface area contributed by atoms with E-state index in [1.54, 1.807) is 4.68 Å². The smallest absolute Gasteiger partial charge is 0.305 e. The summed E-state index contributed by atoms with van der Waals surface area (Å²) in [5.74, 6) is 0.00280. The van der Waals surface area contributed by atoms with Gasteiger partial charge < -0.3 is 19.5 Å². The molecule has 2 atom stereocenters. The minimum absolute atomic E-state index is 0.0111. The lowest BCUT2D eigenvalue weighted by Crippen LogP contribution is -2.44. The number of carbonyl (C=O) groups is 1. The monoisotopic (exact) mass is 440 g/mol. The molecular weight excluding hydrogens is 412 g/mol. The lowest BCUT2D eigenvalue weighted by molar-refractivity contribution is -0.137. The largest absolute Gasteiger partial charge is 0.481 e. The summed E-state index contributed by atoms with van der Waals surface area (Å²) >= 11 is 0. The van der Waals surface area contributed by atoms with E-state index in [4.69, 9.17) is 29.8 Å². The van der Waals surface area contributed by atoms with Gasteiger partial charge in [0.25, 0.3) is 0 Å². The molecule has 1 unspecified atom stereocenters. The van der Waals surface area contributed by atoms with E-state index in [0.29, 0.717) is 24.6 Å². The number of carboxylic acids is 1. The first-order chi connectivity index (χ1) is 15.6. The van der Waals surface area contributed by atoms with Gasteiger partial charge in [0.05, 0.1) is 37.7 Å². The molecule has 170 valence electrons. The Morgan fingerprint density at radius 2 is 2.12 bits per heavy atom. The van der Waals surface area contributed by atoms with E-state index in [9.17, 15) is 4.79 Å². The summed E-state index contributed by atoms with van der Waals surface area (Å²) in [5, 5.41) is 18.6. The normalized spacial score (nSPS) is 21.8. The molecule has 2 aliphatic heterocycles. The molecule has 0 radical (unpaired) electrons. The van der Waals surface area contributed by atoms with Crippen LogP contribution in [0.2, 0.25) is 0 Å². The first kappa shape index (κ1) is 20.9. The number of fused-ring (bicyclic) bond motifs is 1. The highest BCUT2D eigenvalue weighted by Gasteiger charge is 2.24. The first-order valence-corrected chi connectivity index (χ1v) is 11.2. The molecule has 1 N–H and O–H groups in total. The Morgan fingerprint density at radius 3 is 2.91 bits per heavy atom. The van der Waals surface area contributed by atoms with Gasteiger partial charge in [0.1, 0.15) is 29.0 Å². The predicted molar refractivity (Wildman–Crippen MR) is 117 cm³/mol. The number of aliphatic carboxylic acids is 1. The fraction of sp³-hybridized carbons (Fsp3) is 0.545. The van der Waals surface area contributed by atoms with Crippen LogP contribution in [0.3, 0.4) is 0 Å². The highest BCUT2D eigenvalue weighted by atomic mass is 16.5. The van der Waals surface area contributed by atoms with Gasteiger partial charge in [-0.2, -0.15) is 10.2 Å². The minimum atomic E-state index is -0.861. The zero-order valence-electron chi connectivity index (χ0n) is 18.2. The summed E-state index contributed by atoms with van der Waals surface area (Å²) in [5.41, 5.74) is 2.89. The Hall–Kier alpha value is -2.98. The van der Waals surface area contributed by atoms with E-state index >= 15 is 0 Å². The molecule has 0 saturated carbocycles. The van der Waals surface area contributed by atoms with E-state index < -0.39 is 5.97 Å². The van der Waals surface area contributed by atoms with Crippen LogP contribution in [0.5, 0.6) is 0 Å². The highest BCUT2D eigenvalue weighted by molar-refractivity contribution is 5.90. The van der Waals surface area contributed by atoms with Crippen LogP contribution >= 0.6 is 0 Å². The molecule has 10 heteroatoms. The van der Waals surface area contributed by atoms with Gasteiger partial charge in [-0.1, -0.05) is 0 Å². The molecule has 5 heterocycles. The molecule has 0 aliphatic carbocycles. The molecule has 2 fully saturated rings. The van der Waals surface area contributed by atoms with Gasteiger partial charge in [-0.15, -0.1) is 0 Å². The number of pyridine rings is 1. The van der Waals surface area contributed by atoms with Crippen molar-refractivity contribution in [3.05, 3.63) is 24.4 Å². The Morgan fingerprint density at radius 1 is 1.22 bits per heavy atom. The maximum atomic E-state index is 11.2. The van der Waals surface area contributed by atoms with Crippen LogP contribution in [0.1, 0.15) is 38.8 Å². The van der Waals surface area contributed by atoms with E-state index in [2.05, 4.69) is 11.8 Å². The van der Waals surface area contributed by atoms with Gasteiger partial charge in [-0.25, -0.2) is 9.67 Å². The zero-order chi connectivity index (χ0) is 22.1. The highest BCUT2D eigenvalue weighted by Crippen LogP contribution is 2.30. The van der Waals surface area contributed by atoms with Crippen molar-refractivity contribution in [3.8, 4) is 11.4 Å².